The minimum absolute atomic E-state index is 0.0802. The summed E-state index contributed by atoms with van der Waals surface area (Å²) in [5.41, 5.74) is 1.25. The lowest BCUT2D eigenvalue weighted by Gasteiger charge is -2.32. The maximum atomic E-state index is 12.0. The molecule has 1 fully saturated rings. The maximum Gasteiger partial charge on any atom is 0.250 e. The van der Waals surface area contributed by atoms with Gasteiger partial charge in [-0.1, -0.05) is 52.8 Å². The van der Waals surface area contributed by atoms with Crippen LogP contribution in [0.1, 0.15) is 5.56 Å². The first-order chi connectivity index (χ1) is 9.65. The lowest BCUT2D eigenvalue weighted by atomic mass is 10.2. The molecular formula is C15H19BrN2O2. The number of hydrogen-bond acceptors (Lipinski definition) is 3. The lowest BCUT2D eigenvalue weighted by Crippen LogP contribution is -2.49. The zero-order valence-electron chi connectivity index (χ0n) is 11.3. The first kappa shape index (κ1) is 15.2. The van der Waals surface area contributed by atoms with E-state index in [9.17, 15) is 4.79 Å². The number of benzene rings is 1. The van der Waals surface area contributed by atoms with E-state index < -0.39 is 6.10 Å². The molecule has 5 heteroatoms. The van der Waals surface area contributed by atoms with E-state index >= 15 is 0 Å². The average Bonchev–Trinajstić information content (AvgIpc) is 2.46. The summed E-state index contributed by atoms with van der Waals surface area (Å²) in [5.74, 6) is -0.0802. The third kappa shape index (κ3) is 4.74. The molecule has 1 heterocycles. The molecule has 1 atom stereocenters. The predicted octanol–water partition coefficient (Wildman–Crippen LogP) is 1.91. The number of carbonyl (C=O) groups excluding carboxylic acids is 1. The Kier molecular flexibility index (Phi) is 5.76. The van der Waals surface area contributed by atoms with Crippen LogP contribution >= 0.6 is 15.9 Å². The van der Waals surface area contributed by atoms with Gasteiger partial charge >= 0.3 is 0 Å². The van der Waals surface area contributed by atoms with Gasteiger partial charge in [0.2, 0.25) is 0 Å². The van der Waals surface area contributed by atoms with E-state index in [1.807, 2.05) is 18.2 Å². The average molecular weight is 339 g/mol. The fourth-order valence-corrected chi connectivity index (χ4v) is 2.28. The van der Waals surface area contributed by atoms with Crippen LogP contribution in [0.3, 0.4) is 0 Å². The molecule has 1 saturated heterocycles. The number of halogens is 1. The van der Waals surface area contributed by atoms with Crippen LogP contribution in [0.2, 0.25) is 0 Å². The van der Waals surface area contributed by atoms with Gasteiger partial charge in [0.15, 0.2) is 0 Å². The molecule has 1 aromatic carbocycles. The third-order valence-corrected chi connectivity index (χ3v) is 3.43. The summed E-state index contributed by atoms with van der Waals surface area (Å²) in [6, 6.07) is 10.3. The fraction of sp³-hybridized carbons (Fsp3) is 0.400. The molecule has 2 rings (SSSR count). The Morgan fingerprint density at radius 1 is 1.45 bits per heavy atom. The Morgan fingerprint density at radius 2 is 2.20 bits per heavy atom. The molecule has 0 spiro atoms. The van der Waals surface area contributed by atoms with Crippen LogP contribution < -0.4 is 5.32 Å². The van der Waals surface area contributed by atoms with Gasteiger partial charge in [-0.05, 0) is 5.56 Å². The zero-order valence-corrected chi connectivity index (χ0v) is 12.9. The van der Waals surface area contributed by atoms with E-state index in [0.717, 1.165) is 17.6 Å². The number of rotatable bonds is 5. The number of nitrogens with zero attached hydrogens (tertiary/aromatic N) is 1. The quantitative estimate of drug-likeness (QED) is 0.891. The van der Waals surface area contributed by atoms with Crippen LogP contribution in [-0.2, 0) is 16.1 Å². The van der Waals surface area contributed by atoms with Crippen molar-refractivity contribution >= 4 is 21.8 Å². The molecule has 0 saturated carbocycles. The van der Waals surface area contributed by atoms with Gasteiger partial charge in [0, 0.05) is 30.7 Å². The minimum Gasteiger partial charge on any atom is -0.366 e. The van der Waals surface area contributed by atoms with Crippen molar-refractivity contribution in [3.8, 4) is 0 Å². The second-order valence-corrected chi connectivity index (χ2v) is 5.94. The Morgan fingerprint density at radius 3 is 2.90 bits per heavy atom. The van der Waals surface area contributed by atoms with Crippen molar-refractivity contribution in [2.24, 2.45) is 0 Å². The largest absolute Gasteiger partial charge is 0.366 e. The van der Waals surface area contributed by atoms with Gasteiger partial charge in [-0.25, -0.2) is 0 Å². The zero-order chi connectivity index (χ0) is 14.4. The molecule has 0 radical (unpaired) electrons. The molecule has 0 unspecified atom stereocenters. The topological polar surface area (TPSA) is 41.6 Å². The molecule has 4 nitrogen and oxygen atoms in total. The van der Waals surface area contributed by atoms with Crippen LogP contribution in [0.25, 0.3) is 0 Å². The highest BCUT2D eigenvalue weighted by molar-refractivity contribution is 9.11. The summed E-state index contributed by atoms with van der Waals surface area (Å²) in [4.78, 5) is 14.2. The fourth-order valence-electron chi connectivity index (χ4n) is 2.14. The highest BCUT2D eigenvalue weighted by Gasteiger charge is 2.26. The molecular weight excluding hydrogens is 320 g/mol. The van der Waals surface area contributed by atoms with Crippen LogP contribution in [0, 0.1) is 0 Å². The van der Waals surface area contributed by atoms with Gasteiger partial charge in [-0.15, -0.1) is 0 Å². The molecule has 1 amide bonds. The van der Waals surface area contributed by atoms with Crippen molar-refractivity contribution in [1.29, 1.82) is 0 Å². The van der Waals surface area contributed by atoms with Crippen molar-refractivity contribution in [3.63, 3.8) is 0 Å². The van der Waals surface area contributed by atoms with E-state index in [-0.39, 0.29) is 5.91 Å². The minimum atomic E-state index is -0.403. The molecule has 0 aromatic heterocycles. The van der Waals surface area contributed by atoms with Gasteiger partial charge in [0.05, 0.1) is 6.61 Å². The smallest absolute Gasteiger partial charge is 0.250 e. The third-order valence-electron chi connectivity index (χ3n) is 3.15. The summed E-state index contributed by atoms with van der Waals surface area (Å²) in [6.45, 7) is 7.02. The van der Waals surface area contributed by atoms with E-state index in [1.165, 1.54) is 5.56 Å². The van der Waals surface area contributed by atoms with Gasteiger partial charge in [0.1, 0.15) is 6.10 Å². The van der Waals surface area contributed by atoms with Gasteiger partial charge < -0.3 is 10.1 Å². The number of ether oxygens (including phenoxy) is 1. The molecule has 20 heavy (non-hydrogen) atoms. The molecule has 1 N–H and O–H groups in total. The van der Waals surface area contributed by atoms with Crippen LogP contribution in [0.4, 0.5) is 0 Å². The number of amides is 1. The van der Waals surface area contributed by atoms with E-state index in [2.05, 4.69) is 44.9 Å². The van der Waals surface area contributed by atoms with E-state index in [4.69, 9.17) is 4.74 Å². The Balaban J connectivity index is 1.85. The van der Waals surface area contributed by atoms with E-state index in [1.54, 1.807) is 0 Å². The van der Waals surface area contributed by atoms with Crippen molar-refractivity contribution in [3.05, 3.63) is 47.0 Å². The Labute approximate surface area is 127 Å². The highest BCUT2D eigenvalue weighted by atomic mass is 79.9. The van der Waals surface area contributed by atoms with Crippen LogP contribution in [0.15, 0.2) is 41.4 Å². The number of nitrogens with one attached hydrogen (secondary N) is 1. The molecule has 0 bridgehead atoms. The standard InChI is InChI=1S/C15H19BrN2O2/c1-12(16)9-17-15(19)14-11-18(7-8-20-14)10-13-5-3-2-4-6-13/h2-6,14H,1,7-11H2,(H,17,19)/t14-/m1/s1. The van der Waals surface area contributed by atoms with Crippen LogP contribution in [0.5, 0.6) is 0 Å². The van der Waals surface area contributed by atoms with E-state index in [0.29, 0.717) is 19.7 Å². The molecule has 1 aliphatic rings. The second-order valence-electron chi connectivity index (χ2n) is 4.82. The summed E-state index contributed by atoms with van der Waals surface area (Å²) in [6.07, 6.45) is -0.403. The van der Waals surface area contributed by atoms with Crippen molar-refractivity contribution in [1.82, 2.24) is 10.2 Å². The maximum absolute atomic E-state index is 12.0. The molecule has 1 aliphatic heterocycles. The normalized spacial score (nSPS) is 19.6. The van der Waals surface area contributed by atoms with Crippen LogP contribution in [-0.4, -0.2) is 43.2 Å². The summed E-state index contributed by atoms with van der Waals surface area (Å²) < 4.78 is 6.29. The van der Waals surface area contributed by atoms with Gasteiger partial charge in [0.25, 0.3) is 5.91 Å². The highest BCUT2D eigenvalue weighted by Crippen LogP contribution is 2.10. The summed E-state index contributed by atoms with van der Waals surface area (Å²) in [5, 5.41) is 2.80. The molecule has 1 aromatic rings. The SMILES string of the molecule is C=C(Br)CNC(=O)[C@H]1CN(Cc2ccccc2)CCO1. The predicted molar refractivity (Wildman–Crippen MR) is 82.5 cm³/mol. The van der Waals surface area contributed by atoms with Crippen molar-refractivity contribution in [2.75, 3.05) is 26.2 Å². The summed E-state index contributed by atoms with van der Waals surface area (Å²) in [7, 11) is 0. The Bertz CT molecular complexity index is 464. The van der Waals surface area contributed by atoms with Crippen molar-refractivity contribution < 1.29 is 9.53 Å². The van der Waals surface area contributed by atoms with Gasteiger partial charge in [-0.3, -0.25) is 9.69 Å². The van der Waals surface area contributed by atoms with Crippen molar-refractivity contribution in [2.45, 2.75) is 12.6 Å². The first-order valence-corrected chi connectivity index (χ1v) is 7.43. The second kappa shape index (κ2) is 7.57. The number of hydrogen-bond donors (Lipinski definition) is 1. The van der Waals surface area contributed by atoms with Gasteiger partial charge in [-0.2, -0.15) is 0 Å². The molecule has 0 aliphatic carbocycles. The Hall–Kier alpha value is -1.17. The first-order valence-electron chi connectivity index (χ1n) is 6.64. The lowest BCUT2D eigenvalue weighted by molar-refractivity contribution is -0.138. The summed E-state index contributed by atoms with van der Waals surface area (Å²) >= 11 is 3.22. The molecule has 108 valence electrons. The number of carbonyl (C=O) groups is 1. The number of morpholine rings is 1. The monoisotopic (exact) mass is 338 g/mol.